The minimum absolute atomic E-state index is 0.360. The fraction of sp³-hybridized carbons (Fsp3) is 0.769. The zero-order valence-corrected chi connectivity index (χ0v) is 11.0. The van der Waals surface area contributed by atoms with E-state index < -0.39 is 0 Å². The summed E-state index contributed by atoms with van der Waals surface area (Å²) in [5.74, 6) is 4.14. The van der Waals surface area contributed by atoms with Crippen molar-refractivity contribution in [1.82, 2.24) is 15.0 Å². The summed E-state index contributed by atoms with van der Waals surface area (Å²) in [7, 11) is 0. The van der Waals surface area contributed by atoms with Gasteiger partial charge in [0.2, 0.25) is 5.95 Å². The SMILES string of the molecule is Cc1nc(N)nc(C2CCC(C(C)C)CC2)n1. The Bertz CT molecular complexity index is 361. The minimum Gasteiger partial charge on any atom is -0.368 e. The molecule has 0 amide bonds. The summed E-state index contributed by atoms with van der Waals surface area (Å²) in [4.78, 5) is 12.7. The van der Waals surface area contributed by atoms with E-state index >= 15 is 0 Å². The van der Waals surface area contributed by atoms with Gasteiger partial charge >= 0.3 is 0 Å². The summed E-state index contributed by atoms with van der Waals surface area (Å²) in [6.45, 7) is 6.51. The molecular formula is C13H22N4. The van der Waals surface area contributed by atoms with Gasteiger partial charge in [-0.3, -0.25) is 0 Å². The Morgan fingerprint density at radius 2 is 1.71 bits per heavy atom. The third-order valence-corrected chi connectivity index (χ3v) is 3.86. The van der Waals surface area contributed by atoms with Gasteiger partial charge in [0.25, 0.3) is 0 Å². The second-order valence-electron chi connectivity index (χ2n) is 5.45. The van der Waals surface area contributed by atoms with Gasteiger partial charge in [0.05, 0.1) is 0 Å². The first-order valence-electron chi connectivity index (χ1n) is 6.54. The second-order valence-corrected chi connectivity index (χ2v) is 5.45. The average molecular weight is 234 g/mol. The number of hydrogen-bond donors (Lipinski definition) is 1. The summed E-state index contributed by atoms with van der Waals surface area (Å²) in [6.07, 6.45) is 4.94. The molecule has 0 aromatic carbocycles. The molecule has 1 aliphatic carbocycles. The van der Waals surface area contributed by atoms with Crippen LogP contribution in [0.4, 0.5) is 5.95 Å². The van der Waals surface area contributed by atoms with E-state index in [1.165, 1.54) is 25.7 Å². The number of aryl methyl sites for hydroxylation is 1. The van der Waals surface area contributed by atoms with Crippen molar-refractivity contribution in [1.29, 1.82) is 0 Å². The van der Waals surface area contributed by atoms with Crippen LogP contribution in [0.25, 0.3) is 0 Å². The van der Waals surface area contributed by atoms with Crippen molar-refractivity contribution in [2.45, 2.75) is 52.4 Å². The van der Waals surface area contributed by atoms with Crippen LogP contribution in [0.5, 0.6) is 0 Å². The molecule has 1 aliphatic rings. The molecule has 0 atom stereocenters. The third-order valence-electron chi connectivity index (χ3n) is 3.86. The van der Waals surface area contributed by atoms with E-state index in [4.69, 9.17) is 5.73 Å². The van der Waals surface area contributed by atoms with Crippen molar-refractivity contribution in [3.05, 3.63) is 11.6 Å². The molecule has 1 fully saturated rings. The molecule has 2 N–H and O–H groups in total. The first-order chi connectivity index (χ1) is 8.06. The van der Waals surface area contributed by atoms with Gasteiger partial charge in [-0.25, -0.2) is 4.98 Å². The quantitative estimate of drug-likeness (QED) is 0.854. The fourth-order valence-corrected chi connectivity index (χ4v) is 2.75. The van der Waals surface area contributed by atoms with E-state index in [0.717, 1.165) is 23.5 Å². The van der Waals surface area contributed by atoms with Crippen LogP contribution in [0.15, 0.2) is 0 Å². The Morgan fingerprint density at radius 3 is 2.24 bits per heavy atom. The molecule has 0 aliphatic heterocycles. The zero-order chi connectivity index (χ0) is 12.4. The van der Waals surface area contributed by atoms with Crippen molar-refractivity contribution < 1.29 is 0 Å². The summed E-state index contributed by atoms with van der Waals surface area (Å²) in [6, 6.07) is 0. The molecule has 17 heavy (non-hydrogen) atoms. The summed E-state index contributed by atoms with van der Waals surface area (Å²) < 4.78 is 0. The maximum absolute atomic E-state index is 5.68. The maximum atomic E-state index is 5.68. The molecule has 4 heteroatoms. The van der Waals surface area contributed by atoms with Gasteiger partial charge in [0, 0.05) is 5.92 Å². The molecule has 0 radical (unpaired) electrons. The molecule has 1 saturated carbocycles. The monoisotopic (exact) mass is 234 g/mol. The van der Waals surface area contributed by atoms with Gasteiger partial charge in [-0.2, -0.15) is 9.97 Å². The number of aromatic nitrogens is 3. The largest absolute Gasteiger partial charge is 0.368 e. The lowest BCUT2D eigenvalue weighted by Crippen LogP contribution is -2.19. The Kier molecular flexibility index (Phi) is 3.60. The fourth-order valence-electron chi connectivity index (χ4n) is 2.75. The summed E-state index contributed by atoms with van der Waals surface area (Å²) in [5, 5.41) is 0. The van der Waals surface area contributed by atoms with Gasteiger partial charge in [-0.1, -0.05) is 13.8 Å². The van der Waals surface area contributed by atoms with Crippen LogP contribution in [0.3, 0.4) is 0 Å². The smallest absolute Gasteiger partial charge is 0.223 e. The number of hydrogen-bond acceptors (Lipinski definition) is 4. The standard InChI is InChI=1S/C13H22N4/c1-8(2)10-4-6-11(7-5-10)12-15-9(3)16-13(14)17-12/h8,10-11H,4-7H2,1-3H3,(H2,14,15,16,17). The van der Waals surface area contributed by atoms with Gasteiger partial charge < -0.3 is 5.73 Å². The Morgan fingerprint density at radius 1 is 1.06 bits per heavy atom. The van der Waals surface area contributed by atoms with E-state index in [1.807, 2.05) is 6.92 Å². The molecule has 0 saturated heterocycles. The molecule has 0 bridgehead atoms. The van der Waals surface area contributed by atoms with Gasteiger partial charge in [-0.05, 0) is 44.4 Å². The lowest BCUT2D eigenvalue weighted by molar-refractivity contribution is 0.254. The maximum Gasteiger partial charge on any atom is 0.223 e. The average Bonchev–Trinajstić information content (AvgIpc) is 2.28. The van der Waals surface area contributed by atoms with E-state index in [-0.39, 0.29) is 0 Å². The highest BCUT2D eigenvalue weighted by atomic mass is 15.1. The van der Waals surface area contributed by atoms with Crippen molar-refractivity contribution >= 4 is 5.95 Å². The Balaban J connectivity index is 2.05. The van der Waals surface area contributed by atoms with Crippen LogP contribution in [0.2, 0.25) is 0 Å². The van der Waals surface area contributed by atoms with E-state index in [0.29, 0.717) is 11.9 Å². The summed E-state index contributed by atoms with van der Waals surface area (Å²) in [5.41, 5.74) is 5.68. The first kappa shape index (κ1) is 12.3. The molecule has 1 aromatic rings. The second kappa shape index (κ2) is 4.98. The van der Waals surface area contributed by atoms with Crippen molar-refractivity contribution in [3.8, 4) is 0 Å². The molecule has 2 rings (SSSR count). The molecule has 1 heterocycles. The number of nitrogen functional groups attached to an aromatic ring is 1. The molecule has 0 unspecified atom stereocenters. The summed E-state index contributed by atoms with van der Waals surface area (Å²) >= 11 is 0. The van der Waals surface area contributed by atoms with Crippen LogP contribution in [-0.4, -0.2) is 15.0 Å². The number of anilines is 1. The zero-order valence-electron chi connectivity index (χ0n) is 11.0. The molecular weight excluding hydrogens is 212 g/mol. The topological polar surface area (TPSA) is 64.7 Å². The van der Waals surface area contributed by atoms with Crippen molar-refractivity contribution in [2.24, 2.45) is 11.8 Å². The lowest BCUT2D eigenvalue weighted by atomic mass is 9.77. The highest BCUT2D eigenvalue weighted by Gasteiger charge is 2.26. The van der Waals surface area contributed by atoms with Crippen molar-refractivity contribution in [3.63, 3.8) is 0 Å². The predicted octanol–water partition coefficient (Wildman–Crippen LogP) is 2.69. The van der Waals surface area contributed by atoms with Crippen LogP contribution in [0.1, 0.15) is 57.1 Å². The molecule has 1 aromatic heterocycles. The number of nitrogens with zero attached hydrogens (tertiary/aromatic N) is 3. The van der Waals surface area contributed by atoms with Crippen LogP contribution in [-0.2, 0) is 0 Å². The van der Waals surface area contributed by atoms with Gasteiger partial charge in [0.15, 0.2) is 0 Å². The van der Waals surface area contributed by atoms with E-state index in [2.05, 4.69) is 28.8 Å². The first-order valence-corrected chi connectivity index (χ1v) is 6.54. The predicted molar refractivity (Wildman–Crippen MR) is 68.5 cm³/mol. The Hall–Kier alpha value is -1.19. The van der Waals surface area contributed by atoms with Crippen molar-refractivity contribution in [2.75, 3.05) is 5.73 Å². The van der Waals surface area contributed by atoms with E-state index in [9.17, 15) is 0 Å². The van der Waals surface area contributed by atoms with Crippen LogP contribution < -0.4 is 5.73 Å². The Labute approximate surface area is 103 Å². The van der Waals surface area contributed by atoms with Gasteiger partial charge in [-0.15, -0.1) is 0 Å². The molecule has 94 valence electrons. The lowest BCUT2D eigenvalue weighted by Gasteiger charge is -2.30. The normalized spacial score (nSPS) is 25.2. The number of nitrogens with two attached hydrogens (primary N) is 1. The highest BCUT2D eigenvalue weighted by molar-refractivity contribution is 5.17. The molecule has 4 nitrogen and oxygen atoms in total. The van der Waals surface area contributed by atoms with E-state index in [1.54, 1.807) is 0 Å². The van der Waals surface area contributed by atoms with Gasteiger partial charge in [0.1, 0.15) is 11.6 Å². The minimum atomic E-state index is 0.360. The number of rotatable bonds is 2. The molecule has 0 spiro atoms. The highest BCUT2D eigenvalue weighted by Crippen LogP contribution is 2.37. The van der Waals surface area contributed by atoms with Crippen LogP contribution >= 0.6 is 0 Å². The third kappa shape index (κ3) is 2.93. The van der Waals surface area contributed by atoms with Crippen LogP contribution in [0, 0.1) is 18.8 Å².